The SMILES string of the molecule is C.C.CC(C)(C)[Si](OCCCCCCCCC(=O)CCCCCCCCC=O)(c1ccccc1)c1ccccc1.CCCCCCCC(O)C(O)CCCCCCCCC(=O)CCCCCCCCO[Si](c1ccccc1)(c1ccccc1)C(C)(C)C.[Na+].[O-][I+3]([O-])([O-])[O-]. The number of ketones is 2. The van der Waals surface area contributed by atoms with E-state index >= 15 is 0 Å². The Kier molecular flexibility index (Phi) is 55.5. The van der Waals surface area contributed by atoms with Crippen LogP contribution in [0.1, 0.15) is 294 Å². The quantitative estimate of drug-likeness (QED) is 0.0185. The summed E-state index contributed by atoms with van der Waals surface area (Å²) in [5.74, 6) is 0.861. The first-order chi connectivity index (χ1) is 43.1. The van der Waals surface area contributed by atoms with Crippen LogP contribution in [-0.2, 0) is 23.2 Å². The molecule has 4 rings (SSSR count). The number of unbranched alkanes of at least 4 members (excludes halogenated alkanes) is 25. The molecule has 0 amide bonds. The van der Waals surface area contributed by atoms with Crippen LogP contribution in [0.15, 0.2) is 121 Å². The zero-order valence-electron chi connectivity index (χ0n) is 58.1. The maximum atomic E-state index is 12.4. The molecular weight excluding hydrogens is 1320 g/mol. The normalized spacial score (nSPS) is 12.4. The molecule has 4 aromatic rings. The van der Waals surface area contributed by atoms with Crippen molar-refractivity contribution in [2.75, 3.05) is 13.2 Å². The van der Waals surface area contributed by atoms with Crippen molar-refractivity contribution in [3.63, 3.8) is 0 Å². The Labute approximate surface area is 598 Å². The third-order valence-corrected chi connectivity index (χ3v) is 27.5. The third-order valence-electron chi connectivity index (χ3n) is 17.5. The number of aliphatic hydroxyl groups is 2. The van der Waals surface area contributed by atoms with Gasteiger partial charge in [0.05, 0.1) is 12.2 Å². The molecule has 0 aliphatic rings. The number of halogens is 1. The molecule has 4 aromatic carbocycles. The second kappa shape index (κ2) is 55.6. The smallest absolute Gasteiger partial charge is 0.407 e. The van der Waals surface area contributed by atoms with Gasteiger partial charge in [0.25, 0.3) is 16.6 Å². The summed E-state index contributed by atoms with van der Waals surface area (Å²) in [5, 5.41) is 25.8. The molecule has 524 valence electrons. The summed E-state index contributed by atoms with van der Waals surface area (Å²) >= 11 is -5.94. The molecule has 0 aliphatic heterocycles. The molecule has 2 atom stereocenters. The number of hydrogen-bond acceptors (Lipinski definition) is 11. The fraction of sp³-hybridized carbons (Fsp3) is 0.654. The maximum absolute atomic E-state index is 12.4. The first-order valence-corrected chi connectivity index (χ1v) is 42.4. The molecule has 0 heterocycles. The average molecular weight is 1450 g/mol. The molecule has 0 radical (unpaired) electrons. The summed E-state index contributed by atoms with van der Waals surface area (Å²) in [6.07, 6.45) is 37.6. The van der Waals surface area contributed by atoms with Gasteiger partial charge in [-0.15, -0.1) is 0 Å². The fourth-order valence-electron chi connectivity index (χ4n) is 12.5. The van der Waals surface area contributed by atoms with Gasteiger partial charge < -0.3 is 23.9 Å². The minimum Gasteiger partial charge on any atom is -0.407 e. The summed E-state index contributed by atoms with van der Waals surface area (Å²) in [6.45, 7) is 17.8. The van der Waals surface area contributed by atoms with Crippen LogP contribution < -0.4 is 84.1 Å². The van der Waals surface area contributed by atoms with E-state index in [1.165, 1.54) is 91.4 Å². The molecule has 0 fully saturated rings. The van der Waals surface area contributed by atoms with Gasteiger partial charge in [0.1, 0.15) is 37.9 Å². The monoisotopic (exact) mass is 1450 g/mol. The number of benzene rings is 4. The molecule has 11 nitrogen and oxygen atoms in total. The van der Waals surface area contributed by atoms with Crippen molar-refractivity contribution < 1.29 is 96.8 Å². The van der Waals surface area contributed by atoms with Gasteiger partial charge in [0, 0.05) is 45.3 Å². The Hall–Kier alpha value is -2.27. The van der Waals surface area contributed by atoms with Crippen LogP contribution >= 0.6 is 0 Å². The zero-order valence-corrected chi connectivity index (χ0v) is 64.3. The van der Waals surface area contributed by atoms with E-state index in [-0.39, 0.29) is 54.5 Å². The van der Waals surface area contributed by atoms with Crippen LogP contribution in [0.4, 0.5) is 0 Å². The minimum absolute atomic E-state index is 0. The molecule has 93 heavy (non-hydrogen) atoms. The molecule has 0 aromatic heterocycles. The number of Topliss-reactive ketones (excluding diaryl/α,β-unsaturated/α-hetero) is 2. The van der Waals surface area contributed by atoms with E-state index in [2.05, 4.69) is 170 Å². The van der Waals surface area contributed by atoms with E-state index in [1.54, 1.807) is 0 Å². The standard InChI is InChI=1S/C42H70O4Si.C34H52O3Si.2CH4.IO4.Na/c1-5-6-7-12-25-34-40(44)41(45)35-26-15-9-8-13-19-28-37(43)29-20-14-10-11-16-27-36-46-47(42(2,3)4,38-30-21-17-22-31-38)39-32-23-18-24-33-39;1-34(2,3)38(32-25-17-13-18-26-32,33-27-19-14-20-28-33)37-30-22-12-8-6-10-16-24-31(36)23-15-9-5-4-7-11-21-29-35;;;2-1(3,4)5;/h17-18,21-24,30-33,40-41,44-45H,5-16,19-20,25-29,34-36H2,1-4H3;13-14,17-20,25-29H,4-12,15-16,21-24,30H2,1-3H3;2*1H4;;/q;;;;-1;+1. The van der Waals surface area contributed by atoms with E-state index in [1.807, 2.05) is 0 Å². The van der Waals surface area contributed by atoms with E-state index in [4.69, 9.17) is 22.6 Å². The molecule has 15 heteroatoms. The first-order valence-electron chi connectivity index (χ1n) is 35.1. The van der Waals surface area contributed by atoms with E-state index in [9.17, 15) is 24.6 Å². The number of rotatable bonds is 49. The van der Waals surface area contributed by atoms with Gasteiger partial charge in [-0.25, -0.2) is 0 Å². The molecule has 0 spiro atoms. The van der Waals surface area contributed by atoms with Crippen LogP contribution in [0.5, 0.6) is 0 Å². The molecule has 2 unspecified atom stereocenters. The third kappa shape index (κ3) is 41.0. The first kappa shape index (κ1) is 92.8. The minimum atomic E-state index is -5.94. The average Bonchev–Trinajstić information content (AvgIpc) is 0.762. The number of aldehydes is 1. The van der Waals surface area contributed by atoms with Gasteiger partial charge in [-0.1, -0.05) is 326 Å². The molecule has 0 aliphatic carbocycles. The Morgan fingerprint density at radius 2 is 0.634 bits per heavy atom. The second-order valence-electron chi connectivity index (χ2n) is 27.0. The number of carbonyl (C=O) groups is 3. The number of aliphatic hydroxyl groups excluding tert-OH is 2. The van der Waals surface area contributed by atoms with Gasteiger partial charge in [0.2, 0.25) is 0 Å². The summed E-state index contributed by atoms with van der Waals surface area (Å²) in [6, 6.07) is 43.5. The predicted octanol–water partition coefficient (Wildman–Crippen LogP) is 8.77. The topological polar surface area (TPSA) is 202 Å². The molecule has 0 saturated heterocycles. The van der Waals surface area contributed by atoms with Gasteiger partial charge in [-0.2, -0.15) is 0 Å². The summed E-state index contributed by atoms with van der Waals surface area (Å²) in [7, 11) is -4.85. The second-order valence-corrected chi connectivity index (χ2v) is 37.8. The van der Waals surface area contributed by atoms with E-state index in [0.29, 0.717) is 24.4 Å². The van der Waals surface area contributed by atoms with Gasteiger partial charge >= 0.3 is 29.6 Å². The van der Waals surface area contributed by atoms with E-state index in [0.717, 1.165) is 167 Å². The van der Waals surface area contributed by atoms with Crippen LogP contribution in [0.2, 0.25) is 10.1 Å². The summed E-state index contributed by atoms with van der Waals surface area (Å²) in [4.78, 5) is 34.8. The van der Waals surface area contributed by atoms with Crippen LogP contribution in [0.3, 0.4) is 0 Å². The van der Waals surface area contributed by atoms with Crippen molar-refractivity contribution in [3.8, 4) is 0 Å². The Morgan fingerprint density at radius 1 is 0.409 bits per heavy atom. The van der Waals surface area contributed by atoms with Gasteiger partial charge in [0.15, 0.2) is 0 Å². The van der Waals surface area contributed by atoms with Gasteiger partial charge in [-0.05, 0) is 88.6 Å². The Balaban J connectivity index is 0. The summed E-state index contributed by atoms with van der Waals surface area (Å²) < 4.78 is 48.5. The fourth-order valence-corrected chi connectivity index (χ4v) is 21.7. The predicted molar refractivity (Wildman–Crippen MR) is 381 cm³/mol. The number of hydrogen-bond donors (Lipinski definition) is 2. The van der Waals surface area contributed by atoms with Crippen molar-refractivity contribution in [2.24, 2.45) is 0 Å². The number of carbonyl (C=O) groups excluding carboxylic acids is 3. The van der Waals surface area contributed by atoms with E-state index < -0.39 is 48.9 Å². The zero-order chi connectivity index (χ0) is 66.3. The Morgan fingerprint density at radius 3 is 0.882 bits per heavy atom. The van der Waals surface area contributed by atoms with Crippen LogP contribution in [-0.4, -0.2) is 70.1 Å². The maximum Gasteiger partial charge on any atom is 1.00 e. The molecular formula is C78H130INaO11Si2. The molecule has 2 N–H and O–H groups in total. The Bertz CT molecular complexity index is 2280. The molecule has 0 bridgehead atoms. The van der Waals surface area contributed by atoms with Crippen molar-refractivity contribution in [3.05, 3.63) is 121 Å². The van der Waals surface area contributed by atoms with Gasteiger partial charge in [-0.3, -0.25) is 23.3 Å². The largest absolute Gasteiger partial charge is 1.00 e. The van der Waals surface area contributed by atoms with Crippen LogP contribution in [0, 0.1) is 0 Å². The van der Waals surface area contributed by atoms with Crippen molar-refractivity contribution >= 4 is 55.2 Å². The van der Waals surface area contributed by atoms with Crippen molar-refractivity contribution in [2.45, 2.75) is 317 Å². The van der Waals surface area contributed by atoms with Crippen molar-refractivity contribution in [1.29, 1.82) is 0 Å². The van der Waals surface area contributed by atoms with Crippen LogP contribution in [0.25, 0.3) is 0 Å². The van der Waals surface area contributed by atoms with Crippen molar-refractivity contribution in [1.82, 2.24) is 0 Å². The molecule has 0 saturated carbocycles. The summed E-state index contributed by atoms with van der Waals surface area (Å²) in [5.41, 5.74) is 0.